The van der Waals surface area contributed by atoms with Gasteiger partial charge in [-0.25, -0.2) is 0 Å². The summed E-state index contributed by atoms with van der Waals surface area (Å²) in [7, 11) is -3.13. The van der Waals surface area contributed by atoms with Crippen molar-refractivity contribution < 1.29 is 13.6 Å². The van der Waals surface area contributed by atoms with E-state index in [1.165, 1.54) is 0 Å². The van der Waals surface area contributed by atoms with Gasteiger partial charge in [0.05, 0.1) is 25.1 Å². The van der Waals surface area contributed by atoms with Crippen LogP contribution in [0.15, 0.2) is 29.4 Å². The minimum absolute atomic E-state index is 0.180. The van der Waals surface area contributed by atoms with Gasteiger partial charge in [-0.2, -0.15) is 15.6 Å². The van der Waals surface area contributed by atoms with Crippen molar-refractivity contribution in [2.75, 3.05) is 18.6 Å². The first kappa shape index (κ1) is 17.9. The van der Waals surface area contributed by atoms with E-state index in [-0.39, 0.29) is 11.9 Å². The molecule has 8 heteroatoms. The molecule has 0 bridgehead atoms. The molecule has 0 fully saturated rings. The van der Waals surface area contributed by atoms with Gasteiger partial charge in [0, 0.05) is 0 Å². The summed E-state index contributed by atoms with van der Waals surface area (Å²) in [6.07, 6.45) is 0.180. The first-order chi connectivity index (χ1) is 10.6. The third-order valence-electron chi connectivity index (χ3n) is 2.49. The highest BCUT2D eigenvalue weighted by Crippen LogP contribution is 2.51. The summed E-state index contributed by atoms with van der Waals surface area (Å²) < 4.78 is 22.9. The summed E-state index contributed by atoms with van der Waals surface area (Å²) >= 11 is 0. The van der Waals surface area contributed by atoms with Crippen molar-refractivity contribution in [2.45, 2.75) is 20.0 Å². The first-order valence-corrected chi connectivity index (χ1v) is 8.40. The molecule has 0 aliphatic carbocycles. The predicted molar refractivity (Wildman–Crippen MR) is 83.3 cm³/mol. The summed E-state index contributed by atoms with van der Waals surface area (Å²) in [5, 5.41) is 20.8. The molecule has 0 heterocycles. The molecule has 1 aromatic carbocycles. The van der Waals surface area contributed by atoms with Gasteiger partial charge in [-0.1, -0.05) is 12.1 Å². The van der Waals surface area contributed by atoms with Crippen LogP contribution in [0.3, 0.4) is 0 Å². The van der Waals surface area contributed by atoms with Gasteiger partial charge in [-0.3, -0.25) is 9.99 Å². The topological polar surface area (TPSA) is 107 Å². The number of hydrazone groups is 1. The molecular formula is C14H17N4O3P. The van der Waals surface area contributed by atoms with Crippen LogP contribution < -0.4 is 5.43 Å². The van der Waals surface area contributed by atoms with Gasteiger partial charge in [0.25, 0.3) is 0 Å². The molecule has 0 radical (unpaired) electrons. The van der Waals surface area contributed by atoms with E-state index in [0.29, 0.717) is 18.9 Å². The van der Waals surface area contributed by atoms with Crippen LogP contribution in [0.25, 0.3) is 0 Å². The lowest BCUT2D eigenvalue weighted by Gasteiger charge is -2.17. The van der Waals surface area contributed by atoms with Gasteiger partial charge in [0.1, 0.15) is 12.1 Å². The molecule has 0 aliphatic rings. The van der Waals surface area contributed by atoms with Gasteiger partial charge in [0.2, 0.25) is 5.71 Å². The number of benzene rings is 1. The third kappa shape index (κ3) is 5.67. The number of nitrogens with zero attached hydrogens (tertiary/aromatic N) is 3. The maximum Gasteiger partial charge on any atom is 0.335 e. The van der Waals surface area contributed by atoms with Gasteiger partial charge >= 0.3 is 7.60 Å². The fourth-order valence-electron chi connectivity index (χ4n) is 1.63. The van der Waals surface area contributed by atoms with Crippen molar-refractivity contribution in [3.05, 3.63) is 29.8 Å². The SMILES string of the molecule is CCOP(=O)(Cc1ccc(NN=C(C#N)C#N)cc1)OCC. The number of nitriles is 2. The van der Waals surface area contributed by atoms with Crippen LogP contribution in [0.1, 0.15) is 19.4 Å². The van der Waals surface area contributed by atoms with Crippen molar-refractivity contribution >= 4 is 19.0 Å². The molecule has 0 saturated heterocycles. The van der Waals surface area contributed by atoms with Crippen molar-refractivity contribution in [3.63, 3.8) is 0 Å². The first-order valence-electron chi connectivity index (χ1n) is 6.67. The van der Waals surface area contributed by atoms with Crippen LogP contribution in [0.5, 0.6) is 0 Å². The van der Waals surface area contributed by atoms with Crippen LogP contribution in [0, 0.1) is 22.7 Å². The molecule has 1 aromatic rings. The van der Waals surface area contributed by atoms with E-state index in [4.69, 9.17) is 19.6 Å². The van der Waals surface area contributed by atoms with Crippen LogP contribution >= 0.6 is 7.60 Å². The number of hydrogen-bond donors (Lipinski definition) is 1. The maximum absolute atomic E-state index is 12.4. The summed E-state index contributed by atoms with van der Waals surface area (Å²) in [6, 6.07) is 10.2. The Labute approximate surface area is 129 Å². The fraction of sp³-hybridized carbons (Fsp3) is 0.357. The van der Waals surface area contributed by atoms with Gasteiger partial charge in [-0.05, 0) is 31.5 Å². The van der Waals surface area contributed by atoms with Crippen molar-refractivity contribution in [1.82, 2.24) is 0 Å². The Morgan fingerprint density at radius 3 is 2.18 bits per heavy atom. The Morgan fingerprint density at radius 1 is 1.18 bits per heavy atom. The summed E-state index contributed by atoms with van der Waals surface area (Å²) in [5.74, 6) is 0. The average molecular weight is 320 g/mol. The fourth-order valence-corrected chi connectivity index (χ4v) is 3.33. The molecule has 0 aromatic heterocycles. The molecule has 0 atom stereocenters. The van der Waals surface area contributed by atoms with E-state index < -0.39 is 7.60 Å². The highest BCUT2D eigenvalue weighted by Gasteiger charge is 2.23. The van der Waals surface area contributed by atoms with Crippen LogP contribution in [-0.4, -0.2) is 18.9 Å². The normalized spacial score (nSPS) is 10.4. The van der Waals surface area contributed by atoms with E-state index in [1.54, 1.807) is 50.3 Å². The van der Waals surface area contributed by atoms with Gasteiger partial charge < -0.3 is 9.05 Å². The van der Waals surface area contributed by atoms with Crippen LogP contribution in [0.4, 0.5) is 5.69 Å². The number of nitrogens with one attached hydrogen (secondary N) is 1. The molecule has 0 aliphatic heterocycles. The molecule has 0 amide bonds. The highest BCUT2D eigenvalue weighted by atomic mass is 31.2. The molecule has 0 spiro atoms. The van der Waals surface area contributed by atoms with Gasteiger partial charge in [0.15, 0.2) is 0 Å². The van der Waals surface area contributed by atoms with E-state index in [1.807, 2.05) is 0 Å². The largest absolute Gasteiger partial charge is 0.335 e. The predicted octanol–water partition coefficient (Wildman–Crippen LogP) is 3.27. The third-order valence-corrected chi connectivity index (χ3v) is 4.55. The molecule has 1 rings (SSSR count). The lowest BCUT2D eigenvalue weighted by atomic mass is 10.2. The van der Waals surface area contributed by atoms with Crippen LogP contribution in [-0.2, 0) is 19.8 Å². The number of rotatable bonds is 8. The molecule has 22 heavy (non-hydrogen) atoms. The second-order valence-electron chi connectivity index (χ2n) is 4.10. The molecule has 1 N–H and O–H groups in total. The molecule has 0 saturated carbocycles. The Morgan fingerprint density at radius 2 is 1.73 bits per heavy atom. The Hall–Kier alpha value is -2.18. The average Bonchev–Trinajstić information content (AvgIpc) is 2.50. The monoisotopic (exact) mass is 320 g/mol. The molecule has 116 valence electrons. The number of anilines is 1. The zero-order valence-corrected chi connectivity index (χ0v) is 13.3. The Bertz CT molecular complexity index is 618. The minimum atomic E-state index is -3.13. The maximum atomic E-state index is 12.4. The lowest BCUT2D eigenvalue weighted by Crippen LogP contribution is -1.99. The molecule has 0 unspecified atom stereocenters. The Kier molecular flexibility index (Phi) is 7.28. The van der Waals surface area contributed by atoms with Crippen LogP contribution in [0.2, 0.25) is 0 Å². The zero-order chi connectivity index (χ0) is 16.4. The standard InChI is InChI=1S/C14H17N4O3P/c1-3-20-22(19,21-4-2)11-12-5-7-13(8-6-12)17-18-14(9-15)10-16/h5-8,17H,3-4,11H2,1-2H3. The molecular weight excluding hydrogens is 303 g/mol. The molecule has 7 nitrogen and oxygen atoms in total. The van der Waals surface area contributed by atoms with Crippen molar-refractivity contribution in [2.24, 2.45) is 5.10 Å². The second kappa shape index (κ2) is 8.96. The van der Waals surface area contributed by atoms with Crippen molar-refractivity contribution in [3.8, 4) is 12.1 Å². The Balaban J connectivity index is 2.77. The summed E-state index contributed by atoms with van der Waals surface area (Å²) in [5.41, 5.74) is 3.73. The zero-order valence-electron chi connectivity index (χ0n) is 12.4. The summed E-state index contributed by atoms with van der Waals surface area (Å²) in [6.45, 7) is 4.16. The smallest absolute Gasteiger partial charge is 0.309 e. The highest BCUT2D eigenvalue weighted by molar-refractivity contribution is 7.53. The number of hydrogen-bond acceptors (Lipinski definition) is 7. The van der Waals surface area contributed by atoms with E-state index >= 15 is 0 Å². The van der Waals surface area contributed by atoms with E-state index in [0.717, 1.165) is 5.56 Å². The quantitative estimate of drug-likeness (QED) is 0.447. The van der Waals surface area contributed by atoms with Crippen molar-refractivity contribution in [1.29, 1.82) is 10.5 Å². The summed E-state index contributed by atoms with van der Waals surface area (Å²) in [4.78, 5) is 0. The lowest BCUT2D eigenvalue weighted by molar-refractivity contribution is 0.219. The second-order valence-corrected chi connectivity index (χ2v) is 6.15. The van der Waals surface area contributed by atoms with Gasteiger partial charge in [-0.15, -0.1) is 0 Å². The minimum Gasteiger partial charge on any atom is -0.309 e. The van der Waals surface area contributed by atoms with E-state index in [9.17, 15) is 4.57 Å². The van der Waals surface area contributed by atoms with E-state index in [2.05, 4.69) is 10.5 Å².